The molecule has 1 aliphatic rings. The van der Waals surface area contributed by atoms with E-state index in [1.165, 1.54) is 13.2 Å². The summed E-state index contributed by atoms with van der Waals surface area (Å²) in [4.78, 5) is 40.2. The standard InChI is InChI=1S/C32H31F6NO5/c1-43-27(42)18-20-11-15-22(16-12-20)21-13-9-19(10-14-21)17-23(40)5-4-8-26(41)28-29(32(36,37)38)44-30(39-28)24-6-2-3-7-25(24)31(33,34)35/h2-3,6-7,9-10,13-14,20,22H,4-5,8,11-12,15-18H2,1H3. The average molecular weight is 624 g/mol. The molecule has 0 spiro atoms. The average Bonchev–Trinajstić information content (AvgIpc) is 3.44. The monoisotopic (exact) mass is 623 g/mol. The third-order valence-corrected chi connectivity index (χ3v) is 7.85. The number of ether oxygens (including phenoxy) is 1. The Bertz CT molecular complexity index is 1470. The topological polar surface area (TPSA) is 86.5 Å². The minimum absolute atomic E-state index is 0.0663. The number of aromatic nitrogens is 1. The largest absolute Gasteiger partial charge is 0.469 e. The molecule has 1 saturated carbocycles. The zero-order valence-corrected chi connectivity index (χ0v) is 23.9. The van der Waals surface area contributed by atoms with Gasteiger partial charge in [-0.25, -0.2) is 4.98 Å². The third-order valence-electron chi connectivity index (χ3n) is 7.85. The predicted octanol–water partition coefficient (Wildman–Crippen LogP) is 8.38. The third kappa shape index (κ3) is 8.35. The highest BCUT2D eigenvalue weighted by Crippen LogP contribution is 2.41. The number of carbonyl (C=O) groups excluding carboxylic acids is 3. The molecule has 0 N–H and O–H groups in total. The van der Waals surface area contributed by atoms with E-state index in [4.69, 9.17) is 4.74 Å². The molecule has 6 nitrogen and oxygen atoms in total. The number of nitrogens with zero attached hydrogens (tertiary/aromatic N) is 1. The van der Waals surface area contributed by atoms with Crippen molar-refractivity contribution in [1.82, 2.24) is 4.98 Å². The Balaban J connectivity index is 1.32. The molecule has 0 saturated heterocycles. The van der Waals surface area contributed by atoms with Crippen LogP contribution in [-0.4, -0.2) is 29.6 Å². The van der Waals surface area contributed by atoms with E-state index in [2.05, 4.69) is 9.40 Å². The molecule has 0 unspecified atom stereocenters. The molecular formula is C32H31F6NO5. The van der Waals surface area contributed by atoms with Gasteiger partial charge in [-0.15, -0.1) is 0 Å². The van der Waals surface area contributed by atoms with Crippen LogP contribution in [0.15, 0.2) is 52.9 Å². The molecule has 0 amide bonds. The lowest BCUT2D eigenvalue weighted by Gasteiger charge is -2.28. The number of halogens is 6. The van der Waals surface area contributed by atoms with Gasteiger partial charge in [0.2, 0.25) is 11.7 Å². The SMILES string of the molecule is COC(=O)CC1CCC(c2ccc(CC(=O)CCCC(=O)c3nc(-c4ccccc4C(F)(F)F)oc3C(F)(F)F)cc2)CC1. The van der Waals surface area contributed by atoms with Crippen LogP contribution in [0, 0.1) is 5.92 Å². The molecule has 1 aromatic heterocycles. The lowest BCUT2D eigenvalue weighted by molar-refractivity contribution is -0.153. The van der Waals surface area contributed by atoms with Crippen LogP contribution < -0.4 is 0 Å². The molecule has 0 atom stereocenters. The van der Waals surface area contributed by atoms with Gasteiger partial charge in [0, 0.05) is 31.2 Å². The van der Waals surface area contributed by atoms with Crippen molar-refractivity contribution in [3.8, 4) is 11.5 Å². The zero-order chi connectivity index (χ0) is 32.1. The van der Waals surface area contributed by atoms with Crippen LogP contribution in [0.5, 0.6) is 0 Å². The number of hydrogen-bond donors (Lipinski definition) is 0. The highest BCUT2D eigenvalue weighted by molar-refractivity contribution is 5.96. The van der Waals surface area contributed by atoms with Crippen LogP contribution in [0.3, 0.4) is 0 Å². The summed E-state index contributed by atoms with van der Waals surface area (Å²) >= 11 is 0. The maximum absolute atomic E-state index is 13.6. The molecular weight excluding hydrogens is 592 g/mol. The van der Waals surface area contributed by atoms with Crippen molar-refractivity contribution in [2.75, 3.05) is 7.11 Å². The number of alkyl halides is 6. The Morgan fingerprint density at radius 1 is 0.886 bits per heavy atom. The van der Waals surface area contributed by atoms with Gasteiger partial charge in [0.05, 0.1) is 12.7 Å². The molecule has 12 heteroatoms. The van der Waals surface area contributed by atoms with Crippen molar-refractivity contribution >= 4 is 17.5 Å². The van der Waals surface area contributed by atoms with Crippen LogP contribution in [-0.2, 0) is 33.1 Å². The van der Waals surface area contributed by atoms with Crippen LogP contribution in [0.4, 0.5) is 26.3 Å². The van der Waals surface area contributed by atoms with Crippen molar-refractivity contribution in [3.63, 3.8) is 0 Å². The molecule has 236 valence electrons. The van der Waals surface area contributed by atoms with Crippen LogP contribution in [0.2, 0.25) is 0 Å². The lowest BCUT2D eigenvalue weighted by Crippen LogP contribution is -2.17. The number of hydrogen-bond acceptors (Lipinski definition) is 6. The fraction of sp³-hybridized carbons (Fsp3) is 0.438. The molecule has 1 fully saturated rings. The fourth-order valence-electron chi connectivity index (χ4n) is 5.54. The van der Waals surface area contributed by atoms with E-state index < -0.39 is 53.0 Å². The molecule has 2 aromatic carbocycles. The first-order chi connectivity index (χ1) is 20.8. The number of carbonyl (C=O) groups is 3. The van der Waals surface area contributed by atoms with Gasteiger partial charge in [-0.05, 0) is 67.2 Å². The van der Waals surface area contributed by atoms with Crippen molar-refractivity contribution in [1.29, 1.82) is 0 Å². The van der Waals surface area contributed by atoms with E-state index >= 15 is 0 Å². The van der Waals surface area contributed by atoms with Crippen LogP contribution in [0.25, 0.3) is 11.5 Å². The quantitative estimate of drug-likeness (QED) is 0.121. The number of methoxy groups -OCH3 is 1. The Hall–Kier alpha value is -3.96. The van der Waals surface area contributed by atoms with Gasteiger partial charge in [-0.3, -0.25) is 14.4 Å². The summed E-state index contributed by atoms with van der Waals surface area (Å²) in [6.07, 6.45) is -6.42. The van der Waals surface area contributed by atoms with Crippen LogP contribution >= 0.6 is 0 Å². The molecule has 1 heterocycles. The van der Waals surface area contributed by atoms with Gasteiger partial charge in [0.25, 0.3) is 0 Å². The maximum atomic E-state index is 13.6. The molecule has 44 heavy (non-hydrogen) atoms. The second-order valence-electron chi connectivity index (χ2n) is 11.0. The first kappa shape index (κ1) is 32.9. The van der Waals surface area contributed by atoms with E-state index in [0.29, 0.717) is 24.3 Å². The summed E-state index contributed by atoms with van der Waals surface area (Å²) in [5, 5.41) is 0. The number of benzene rings is 2. The second kappa shape index (κ2) is 13.8. The predicted molar refractivity (Wildman–Crippen MR) is 147 cm³/mol. The maximum Gasteiger partial charge on any atom is 0.452 e. The number of ketones is 2. The van der Waals surface area contributed by atoms with Gasteiger partial charge in [-0.2, -0.15) is 26.3 Å². The minimum atomic E-state index is -5.17. The van der Waals surface area contributed by atoms with Crippen LogP contribution in [0.1, 0.15) is 90.2 Å². The molecule has 0 radical (unpaired) electrons. The molecule has 4 rings (SSSR count). The van der Waals surface area contributed by atoms with E-state index in [0.717, 1.165) is 48.9 Å². The van der Waals surface area contributed by atoms with Gasteiger partial charge in [0.1, 0.15) is 5.78 Å². The summed E-state index contributed by atoms with van der Waals surface area (Å²) < 4.78 is 90.4. The van der Waals surface area contributed by atoms with Crippen molar-refractivity contribution in [2.45, 2.75) is 76.1 Å². The lowest BCUT2D eigenvalue weighted by atomic mass is 9.77. The highest BCUT2D eigenvalue weighted by Gasteiger charge is 2.43. The van der Waals surface area contributed by atoms with Gasteiger partial charge < -0.3 is 9.15 Å². The van der Waals surface area contributed by atoms with Gasteiger partial charge in [0.15, 0.2) is 11.5 Å². The summed E-state index contributed by atoms with van der Waals surface area (Å²) in [6.45, 7) is 0. The number of esters is 1. The summed E-state index contributed by atoms with van der Waals surface area (Å²) in [7, 11) is 1.38. The molecule has 0 bridgehead atoms. The van der Waals surface area contributed by atoms with Crippen molar-refractivity contribution in [3.05, 3.63) is 76.7 Å². The van der Waals surface area contributed by atoms with E-state index in [1.807, 2.05) is 24.3 Å². The van der Waals surface area contributed by atoms with E-state index in [1.54, 1.807) is 0 Å². The zero-order valence-electron chi connectivity index (χ0n) is 23.9. The molecule has 3 aromatic rings. The van der Waals surface area contributed by atoms with E-state index in [9.17, 15) is 40.7 Å². The summed E-state index contributed by atoms with van der Waals surface area (Å²) in [5.74, 6) is -3.57. The highest BCUT2D eigenvalue weighted by atomic mass is 19.4. The van der Waals surface area contributed by atoms with Crippen molar-refractivity contribution in [2.24, 2.45) is 5.92 Å². The van der Waals surface area contributed by atoms with Crippen molar-refractivity contribution < 1.29 is 49.9 Å². The van der Waals surface area contributed by atoms with Gasteiger partial charge >= 0.3 is 18.3 Å². The fourth-order valence-corrected chi connectivity index (χ4v) is 5.54. The minimum Gasteiger partial charge on any atom is -0.469 e. The number of Topliss-reactive ketones (excluding diaryl/α,β-unsaturated/α-hetero) is 2. The Morgan fingerprint density at radius 3 is 2.16 bits per heavy atom. The second-order valence-corrected chi connectivity index (χ2v) is 11.0. The summed E-state index contributed by atoms with van der Waals surface area (Å²) in [5.41, 5.74) is -1.19. The Kier molecular flexibility index (Phi) is 10.3. The van der Waals surface area contributed by atoms with Gasteiger partial charge in [-0.1, -0.05) is 36.4 Å². The normalized spacial score (nSPS) is 17.3. The first-order valence-electron chi connectivity index (χ1n) is 14.2. The number of rotatable bonds is 11. The first-order valence-corrected chi connectivity index (χ1v) is 14.2. The molecule has 0 aliphatic heterocycles. The van der Waals surface area contributed by atoms with E-state index in [-0.39, 0.29) is 31.0 Å². The summed E-state index contributed by atoms with van der Waals surface area (Å²) in [6, 6.07) is 11.5. The number of oxazole rings is 1. The Labute approximate surface area is 249 Å². The Morgan fingerprint density at radius 2 is 1.55 bits per heavy atom. The molecule has 1 aliphatic carbocycles. The smallest absolute Gasteiger partial charge is 0.452 e.